The predicted octanol–water partition coefficient (Wildman–Crippen LogP) is 5.23. The van der Waals surface area contributed by atoms with Crippen molar-refractivity contribution in [1.29, 1.82) is 0 Å². The van der Waals surface area contributed by atoms with Gasteiger partial charge in [0.15, 0.2) is 6.10 Å². The number of halogens is 2. The molecule has 1 atom stereocenters. The van der Waals surface area contributed by atoms with Crippen molar-refractivity contribution in [3.8, 4) is 17.1 Å². The molecule has 4 aromatic rings. The number of amides is 1. The maximum Gasteiger partial charge on any atom is 0.287 e. The van der Waals surface area contributed by atoms with Gasteiger partial charge in [-0.1, -0.05) is 48.5 Å². The van der Waals surface area contributed by atoms with Crippen LogP contribution in [0, 0.1) is 0 Å². The van der Waals surface area contributed by atoms with Gasteiger partial charge in [-0.3, -0.25) is 9.78 Å². The zero-order valence-electron chi connectivity index (χ0n) is 17.7. The minimum Gasteiger partial charge on any atom is -0.466 e. The quantitative estimate of drug-likeness (QED) is 0.432. The van der Waals surface area contributed by atoms with Crippen molar-refractivity contribution in [3.63, 3.8) is 0 Å². The van der Waals surface area contributed by atoms with Crippen molar-refractivity contribution >= 4 is 16.8 Å². The molecule has 1 fully saturated rings. The number of aromatic nitrogens is 2. The van der Waals surface area contributed by atoms with Crippen LogP contribution < -0.4 is 4.74 Å². The Balaban J connectivity index is 1.40. The molecule has 7 heteroatoms. The zero-order valence-corrected chi connectivity index (χ0v) is 17.7. The summed E-state index contributed by atoms with van der Waals surface area (Å²) in [5, 5.41) is 0.891. The lowest BCUT2D eigenvalue weighted by atomic mass is 10.0. The van der Waals surface area contributed by atoms with Crippen LogP contribution in [0.3, 0.4) is 0 Å². The molecule has 0 unspecified atom stereocenters. The molecule has 0 radical (unpaired) electrons. The number of pyridine rings is 2. The van der Waals surface area contributed by atoms with Gasteiger partial charge in [-0.05, 0) is 24.3 Å². The second-order valence-electron chi connectivity index (χ2n) is 7.98. The first kappa shape index (κ1) is 21.0. The lowest BCUT2D eigenvalue weighted by Crippen LogP contribution is -2.55. The third kappa shape index (κ3) is 4.26. The highest BCUT2D eigenvalue weighted by molar-refractivity contribution is 6.00. The van der Waals surface area contributed by atoms with E-state index in [-0.39, 0.29) is 24.9 Å². The van der Waals surface area contributed by atoms with Crippen LogP contribution in [0.1, 0.15) is 16.8 Å². The smallest absolute Gasteiger partial charge is 0.287 e. The van der Waals surface area contributed by atoms with Crippen LogP contribution in [-0.4, -0.2) is 45.9 Å². The van der Waals surface area contributed by atoms with E-state index in [4.69, 9.17) is 4.74 Å². The highest BCUT2D eigenvalue weighted by Gasteiger charge is 2.47. The van der Waals surface area contributed by atoms with E-state index in [2.05, 4.69) is 9.97 Å². The van der Waals surface area contributed by atoms with E-state index in [9.17, 15) is 13.6 Å². The van der Waals surface area contributed by atoms with Crippen LogP contribution in [0.15, 0.2) is 85.1 Å². The summed E-state index contributed by atoms with van der Waals surface area (Å²) in [7, 11) is 0. The fourth-order valence-electron chi connectivity index (χ4n) is 4.01. The number of hydrogen-bond donors (Lipinski definition) is 0. The van der Waals surface area contributed by atoms with Crippen molar-refractivity contribution in [2.45, 2.75) is 18.4 Å². The first-order valence-corrected chi connectivity index (χ1v) is 10.7. The molecule has 166 valence electrons. The molecule has 3 heterocycles. The number of hydrogen-bond acceptors (Lipinski definition) is 4. The fraction of sp³-hybridized carbons (Fsp3) is 0.192. The normalized spacial score (nSPS) is 17.6. The van der Waals surface area contributed by atoms with Crippen molar-refractivity contribution in [2.75, 3.05) is 13.1 Å². The summed E-state index contributed by atoms with van der Waals surface area (Å²) in [5.74, 6) is -3.32. The van der Waals surface area contributed by atoms with Crippen molar-refractivity contribution in [1.82, 2.24) is 14.9 Å². The van der Waals surface area contributed by atoms with Crippen molar-refractivity contribution in [2.24, 2.45) is 0 Å². The molecule has 2 aromatic carbocycles. The standard InChI is InChI=1S/C26H21F2N3O2/c27-26(28)14-16-31(17-22(26)33-23-13-12-18-7-4-5-11-21(18)30-23)25(32)20-10-6-15-29-24(20)19-8-2-1-3-9-19/h1-13,15,22H,14,16-17H2/t22-/m0/s1. The number of carbonyl (C=O) groups excluding carboxylic acids is 1. The SMILES string of the molecule is O=C(c1cccnc1-c1ccccc1)N1CCC(F)(F)[C@@H](Oc2ccc3ccccc3n2)C1. The van der Waals surface area contributed by atoms with E-state index in [1.807, 2.05) is 48.5 Å². The number of nitrogens with zero attached hydrogens (tertiary/aromatic N) is 3. The Morgan fingerprint density at radius 1 is 0.970 bits per heavy atom. The lowest BCUT2D eigenvalue weighted by Gasteiger charge is -2.38. The van der Waals surface area contributed by atoms with Crippen LogP contribution in [0.2, 0.25) is 0 Å². The van der Waals surface area contributed by atoms with Crippen molar-refractivity contribution in [3.05, 3.63) is 90.6 Å². The molecule has 1 amide bonds. The maximum absolute atomic E-state index is 14.7. The average molecular weight is 445 g/mol. The average Bonchev–Trinajstić information content (AvgIpc) is 2.85. The van der Waals surface area contributed by atoms with Gasteiger partial charge in [0.1, 0.15) is 0 Å². The molecule has 1 saturated heterocycles. The lowest BCUT2D eigenvalue weighted by molar-refractivity contribution is -0.131. The largest absolute Gasteiger partial charge is 0.466 e. The van der Waals surface area contributed by atoms with Crippen molar-refractivity contribution < 1.29 is 18.3 Å². The molecule has 5 nitrogen and oxygen atoms in total. The van der Waals surface area contributed by atoms with E-state index < -0.39 is 18.4 Å². The molecule has 1 aliphatic heterocycles. The molecular weight excluding hydrogens is 424 g/mol. The van der Waals surface area contributed by atoms with Gasteiger partial charge in [-0.25, -0.2) is 13.8 Å². The van der Waals surface area contributed by atoms with Gasteiger partial charge in [0.2, 0.25) is 5.88 Å². The molecule has 0 saturated carbocycles. The molecule has 2 aromatic heterocycles. The number of para-hydroxylation sites is 1. The molecule has 0 N–H and O–H groups in total. The summed E-state index contributed by atoms with van der Waals surface area (Å²) in [6.07, 6.45) is -0.376. The summed E-state index contributed by atoms with van der Waals surface area (Å²) >= 11 is 0. The minimum absolute atomic E-state index is 0.0695. The first-order valence-electron chi connectivity index (χ1n) is 10.7. The second kappa shape index (κ2) is 8.58. The molecule has 1 aliphatic rings. The monoisotopic (exact) mass is 445 g/mol. The van der Waals surface area contributed by atoms with E-state index in [1.165, 1.54) is 4.90 Å². The number of rotatable bonds is 4. The second-order valence-corrected chi connectivity index (χ2v) is 7.98. The number of alkyl halides is 2. The van der Waals surface area contributed by atoms with Gasteiger partial charge < -0.3 is 9.64 Å². The number of ether oxygens (including phenoxy) is 1. The van der Waals surface area contributed by atoms with Gasteiger partial charge >= 0.3 is 0 Å². The Morgan fingerprint density at radius 3 is 2.61 bits per heavy atom. The third-order valence-corrected chi connectivity index (χ3v) is 5.78. The number of fused-ring (bicyclic) bond motifs is 1. The Hall–Kier alpha value is -3.87. The van der Waals surface area contributed by atoms with Crippen LogP contribution in [-0.2, 0) is 0 Å². The molecule has 33 heavy (non-hydrogen) atoms. The topological polar surface area (TPSA) is 55.3 Å². The highest BCUT2D eigenvalue weighted by atomic mass is 19.3. The van der Waals surface area contributed by atoms with Crippen LogP contribution >= 0.6 is 0 Å². The van der Waals surface area contributed by atoms with E-state index in [0.29, 0.717) is 16.8 Å². The number of carbonyl (C=O) groups is 1. The van der Waals surface area contributed by atoms with Crippen LogP contribution in [0.4, 0.5) is 8.78 Å². The third-order valence-electron chi connectivity index (χ3n) is 5.78. The first-order chi connectivity index (χ1) is 16.0. The Kier molecular flexibility index (Phi) is 5.46. The summed E-state index contributed by atoms with van der Waals surface area (Å²) in [6, 6.07) is 23.4. The van der Waals surface area contributed by atoms with E-state index >= 15 is 0 Å². The van der Waals surface area contributed by atoms with Crippen LogP contribution in [0.5, 0.6) is 5.88 Å². The van der Waals surface area contributed by atoms with Gasteiger partial charge in [0.05, 0.1) is 23.3 Å². The zero-order chi connectivity index (χ0) is 22.8. The Bertz CT molecular complexity index is 1300. The highest BCUT2D eigenvalue weighted by Crippen LogP contribution is 2.33. The number of piperidine rings is 1. The molecular formula is C26H21F2N3O2. The number of likely N-dealkylation sites (tertiary alicyclic amines) is 1. The van der Waals surface area contributed by atoms with Gasteiger partial charge in [-0.15, -0.1) is 0 Å². The molecule has 0 bridgehead atoms. The predicted molar refractivity (Wildman–Crippen MR) is 121 cm³/mol. The fourth-order valence-corrected chi connectivity index (χ4v) is 4.01. The molecule has 5 rings (SSSR count). The summed E-state index contributed by atoms with van der Waals surface area (Å²) in [5.41, 5.74) is 2.34. The van der Waals surface area contributed by atoms with Gasteiger partial charge in [0.25, 0.3) is 11.8 Å². The molecule has 0 aliphatic carbocycles. The van der Waals surface area contributed by atoms with E-state index in [0.717, 1.165) is 10.9 Å². The minimum atomic E-state index is -3.08. The maximum atomic E-state index is 14.7. The Labute approximate surface area is 189 Å². The summed E-state index contributed by atoms with van der Waals surface area (Å²) in [6.45, 7) is -0.316. The summed E-state index contributed by atoms with van der Waals surface area (Å²) in [4.78, 5) is 23.5. The molecule has 0 spiro atoms. The van der Waals surface area contributed by atoms with E-state index in [1.54, 1.807) is 36.5 Å². The van der Waals surface area contributed by atoms with Gasteiger partial charge in [-0.2, -0.15) is 0 Å². The van der Waals surface area contributed by atoms with Crippen LogP contribution in [0.25, 0.3) is 22.2 Å². The van der Waals surface area contributed by atoms with Gasteiger partial charge in [0, 0.05) is 36.2 Å². The Morgan fingerprint density at radius 2 is 1.76 bits per heavy atom. The summed E-state index contributed by atoms with van der Waals surface area (Å²) < 4.78 is 35.1. The number of benzene rings is 2.